The van der Waals surface area contributed by atoms with Crippen LogP contribution < -0.4 is 5.32 Å². The van der Waals surface area contributed by atoms with Crippen LogP contribution in [0, 0.1) is 17.6 Å². The lowest BCUT2D eigenvalue weighted by atomic mass is 9.94. The number of nitrogens with zero attached hydrogens (tertiary/aromatic N) is 2. The summed E-state index contributed by atoms with van der Waals surface area (Å²) in [6, 6.07) is 24.2. The second-order valence-corrected chi connectivity index (χ2v) is 9.41. The second-order valence-electron chi connectivity index (χ2n) is 9.41. The Morgan fingerprint density at radius 3 is 2.28 bits per heavy atom. The Hall–Kier alpha value is -3.64. The minimum Gasteiger partial charge on any atom is -0.343 e. The van der Waals surface area contributed by atoms with Crippen LogP contribution in [0.3, 0.4) is 0 Å². The van der Waals surface area contributed by atoms with E-state index in [1.54, 1.807) is 12.1 Å². The molecule has 1 amide bonds. The highest BCUT2D eigenvalue weighted by Gasteiger charge is 2.28. The van der Waals surface area contributed by atoms with Gasteiger partial charge in [-0.25, -0.2) is 8.78 Å². The molecule has 0 bridgehead atoms. The Morgan fingerprint density at radius 1 is 0.889 bits per heavy atom. The third-order valence-electron chi connectivity index (χ3n) is 6.99. The first-order chi connectivity index (χ1) is 17.5. The van der Waals surface area contributed by atoms with Crippen LogP contribution in [-0.2, 0) is 11.2 Å². The minimum absolute atomic E-state index is 0.00234. The van der Waals surface area contributed by atoms with E-state index in [2.05, 4.69) is 10.2 Å². The number of likely N-dealkylation sites (tertiary alicyclic amines) is 1. The zero-order chi connectivity index (χ0) is 24.9. The molecule has 1 aliphatic heterocycles. The van der Waals surface area contributed by atoms with Crippen molar-refractivity contribution in [2.45, 2.75) is 25.3 Å². The molecule has 0 saturated carbocycles. The highest BCUT2D eigenvalue weighted by atomic mass is 19.1. The summed E-state index contributed by atoms with van der Waals surface area (Å²) < 4.78 is 26.7. The van der Waals surface area contributed by atoms with Crippen LogP contribution in [0.15, 0.2) is 84.9 Å². The van der Waals surface area contributed by atoms with Gasteiger partial charge in [-0.1, -0.05) is 48.5 Å². The number of aromatic nitrogens is 1. The van der Waals surface area contributed by atoms with Crippen LogP contribution in [0.25, 0.3) is 10.9 Å². The molecule has 184 valence electrons. The van der Waals surface area contributed by atoms with Gasteiger partial charge in [0.25, 0.3) is 0 Å². The summed E-state index contributed by atoms with van der Waals surface area (Å²) in [4.78, 5) is 20.5. The van der Waals surface area contributed by atoms with Gasteiger partial charge in [-0.05, 0) is 79.9 Å². The Morgan fingerprint density at radius 2 is 1.56 bits per heavy atom. The van der Waals surface area contributed by atoms with Crippen molar-refractivity contribution < 1.29 is 13.6 Å². The molecule has 4 aromatic rings. The first-order valence-corrected chi connectivity index (χ1v) is 12.4. The number of halogens is 2. The summed E-state index contributed by atoms with van der Waals surface area (Å²) in [7, 11) is 0. The van der Waals surface area contributed by atoms with Gasteiger partial charge in [-0.3, -0.25) is 9.78 Å². The zero-order valence-corrected chi connectivity index (χ0v) is 20.0. The van der Waals surface area contributed by atoms with Crippen LogP contribution in [0.2, 0.25) is 0 Å². The Balaban J connectivity index is 1.25. The van der Waals surface area contributed by atoms with Crippen molar-refractivity contribution in [1.29, 1.82) is 0 Å². The number of rotatable bonds is 7. The maximum Gasteiger partial charge on any atom is 0.224 e. The van der Waals surface area contributed by atoms with Gasteiger partial charge in [-0.15, -0.1) is 0 Å². The molecule has 3 aromatic carbocycles. The maximum absolute atomic E-state index is 13.6. The summed E-state index contributed by atoms with van der Waals surface area (Å²) >= 11 is 0. The standard InChI is InChI=1S/C30H29F2N3O/c31-25-10-5-21(6-11-25)15-18-35-19-16-24(17-20-35)30(36)34-29(23-7-12-26(32)13-8-23)28-14-9-22-3-1-2-4-27(22)33-28/h1-14,24,29H,15-20H2,(H,34,36). The predicted molar refractivity (Wildman–Crippen MR) is 137 cm³/mol. The van der Waals surface area contributed by atoms with Crippen molar-refractivity contribution in [2.75, 3.05) is 19.6 Å². The summed E-state index contributed by atoms with van der Waals surface area (Å²) in [5, 5.41) is 4.23. The lowest BCUT2D eigenvalue weighted by molar-refractivity contribution is -0.127. The third-order valence-corrected chi connectivity index (χ3v) is 6.99. The van der Waals surface area contributed by atoms with Gasteiger partial charge in [0.2, 0.25) is 5.91 Å². The molecular formula is C30H29F2N3O. The molecule has 1 aromatic heterocycles. The highest BCUT2D eigenvalue weighted by Crippen LogP contribution is 2.26. The Labute approximate surface area is 210 Å². The van der Waals surface area contributed by atoms with Crippen LogP contribution in [0.5, 0.6) is 0 Å². The molecule has 2 heterocycles. The van der Waals surface area contributed by atoms with E-state index in [9.17, 15) is 13.6 Å². The molecule has 1 aliphatic rings. The molecule has 1 saturated heterocycles. The quantitative estimate of drug-likeness (QED) is 0.367. The first-order valence-electron chi connectivity index (χ1n) is 12.4. The number of para-hydroxylation sites is 1. The third kappa shape index (κ3) is 5.77. The number of hydrogen-bond acceptors (Lipinski definition) is 3. The fourth-order valence-electron chi connectivity index (χ4n) is 4.84. The molecular weight excluding hydrogens is 456 g/mol. The van der Waals surface area contributed by atoms with Gasteiger partial charge >= 0.3 is 0 Å². The van der Waals surface area contributed by atoms with E-state index in [-0.39, 0.29) is 23.5 Å². The van der Waals surface area contributed by atoms with Crippen molar-refractivity contribution in [3.8, 4) is 0 Å². The lowest BCUT2D eigenvalue weighted by Crippen LogP contribution is -2.42. The van der Waals surface area contributed by atoms with Crippen molar-refractivity contribution in [2.24, 2.45) is 5.92 Å². The van der Waals surface area contributed by atoms with Crippen LogP contribution >= 0.6 is 0 Å². The van der Waals surface area contributed by atoms with Crippen LogP contribution in [0.4, 0.5) is 8.78 Å². The average molecular weight is 486 g/mol. The molecule has 36 heavy (non-hydrogen) atoms. The Kier molecular flexibility index (Phi) is 7.33. The summed E-state index contributed by atoms with van der Waals surface area (Å²) in [5.41, 5.74) is 3.49. The van der Waals surface area contributed by atoms with E-state index in [0.717, 1.165) is 66.6 Å². The molecule has 1 fully saturated rings. The van der Waals surface area contributed by atoms with Gasteiger partial charge in [0.1, 0.15) is 11.6 Å². The van der Waals surface area contributed by atoms with Crippen molar-refractivity contribution >= 4 is 16.8 Å². The summed E-state index contributed by atoms with van der Waals surface area (Å²) in [5.74, 6) is -0.625. The molecule has 6 heteroatoms. The van der Waals surface area contributed by atoms with Gasteiger partial charge in [0.05, 0.1) is 17.3 Å². The second kappa shape index (κ2) is 11.0. The van der Waals surface area contributed by atoms with Gasteiger partial charge in [-0.2, -0.15) is 0 Å². The number of pyridine rings is 1. The SMILES string of the molecule is O=C(NC(c1ccc(F)cc1)c1ccc2ccccc2n1)C1CCN(CCc2ccc(F)cc2)CC1. The molecule has 0 aliphatic carbocycles. The van der Waals surface area contributed by atoms with E-state index in [1.165, 1.54) is 24.3 Å². The van der Waals surface area contributed by atoms with Crippen molar-refractivity contribution in [3.05, 3.63) is 113 Å². The number of carbonyl (C=O) groups is 1. The molecule has 1 atom stereocenters. The number of fused-ring (bicyclic) bond motifs is 1. The molecule has 5 rings (SSSR count). The van der Waals surface area contributed by atoms with Crippen LogP contribution in [-0.4, -0.2) is 35.4 Å². The summed E-state index contributed by atoms with van der Waals surface area (Å²) in [6.07, 6.45) is 2.41. The van der Waals surface area contributed by atoms with Gasteiger partial charge in [0.15, 0.2) is 0 Å². The largest absolute Gasteiger partial charge is 0.343 e. The Bertz CT molecular complexity index is 1320. The molecule has 1 N–H and O–H groups in total. The van der Waals surface area contributed by atoms with E-state index in [1.807, 2.05) is 48.5 Å². The topological polar surface area (TPSA) is 45.2 Å². The lowest BCUT2D eigenvalue weighted by Gasteiger charge is -2.32. The summed E-state index contributed by atoms with van der Waals surface area (Å²) in [6.45, 7) is 2.57. The number of nitrogens with one attached hydrogen (secondary N) is 1. The maximum atomic E-state index is 13.6. The molecule has 1 unspecified atom stereocenters. The van der Waals surface area contributed by atoms with E-state index in [4.69, 9.17) is 4.98 Å². The fraction of sp³-hybridized carbons (Fsp3) is 0.267. The molecule has 4 nitrogen and oxygen atoms in total. The van der Waals surface area contributed by atoms with Gasteiger partial charge in [0, 0.05) is 17.8 Å². The smallest absolute Gasteiger partial charge is 0.224 e. The van der Waals surface area contributed by atoms with E-state index < -0.39 is 6.04 Å². The normalized spacial score (nSPS) is 15.6. The number of amides is 1. The zero-order valence-electron chi connectivity index (χ0n) is 20.0. The first kappa shape index (κ1) is 24.1. The van der Waals surface area contributed by atoms with Gasteiger partial charge < -0.3 is 10.2 Å². The number of piperidine rings is 1. The number of benzene rings is 3. The van der Waals surface area contributed by atoms with Crippen molar-refractivity contribution in [1.82, 2.24) is 15.2 Å². The highest BCUT2D eigenvalue weighted by molar-refractivity contribution is 5.81. The van der Waals surface area contributed by atoms with Crippen molar-refractivity contribution in [3.63, 3.8) is 0 Å². The average Bonchev–Trinajstić information content (AvgIpc) is 2.92. The number of carbonyl (C=O) groups excluding carboxylic acids is 1. The molecule has 0 radical (unpaired) electrons. The molecule has 0 spiro atoms. The van der Waals surface area contributed by atoms with Crippen LogP contribution in [0.1, 0.15) is 35.7 Å². The van der Waals surface area contributed by atoms with E-state index in [0.29, 0.717) is 0 Å². The van der Waals surface area contributed by atoms with E-state index >= 15 is 0 Å². The monoisotopic (exact) mass is 485 g/mol. The minimum atomic E-state index is -0.459. The fourth-order valence-corrected chi connectivity index (χ4v) is 4.84. The number of hydrogen-bond donors (Lipinski definition) is 1. The predicted octanol–water partition coefficient (Wildman–Crippen LogP) is 5.67.